The molecule has 1 saturated carbocycles. The Morgan fingerprint density at radius 2 is 1.75 bits per heavy atom. The van der Waals surface area contributed by atoms with E-state index in [9.17, 15) is 41.4 Å². The van der Waals surface area contributed by atoms with E-state index in [0.717, 1.165) is 17.0 Å². The number of nitrogens with one attached hydrogen (secondary N) is 1. The van der Waals surface area contributed by atoms with E-state index in [-0.39, 0.29) is 24.8 Å². The van der Waals surface area contributed by atoms with E-state index in [1.54, 1.807) is 6.92 Å². The predicted octanol–water partition coefficient (Wildman–Crippen LogP) is 7.98. The fourth-order valence-corrected chi connectivity index (χ4v) is 5.70. The number of Topliss-reactive ketones (excluding diaryl/α,β-unsaturated/α-hetero) is 1. The van der Waals surface area contributed by atoms with Crippen molar-refractivity contribution in [3.05, 3.63) is 34.3 Å². The molecule has 0 saturated heterocycles. The van der Waals surface area contributed by atoms with Crippen molar-refractivity contribution in [1.82, 2.24) is 4.90 Å². The Morgan fingerprint density at radius 3 is 2.23 bits per heavy atom. The van der Waals surface area contributed by atoms with Gasteiger partial charge in [0, 0.05) is 25.7 Å². The van der Waals surface area contributed by atoms with Crippen molar-refractivity contribution < 1.29 is 41.4 Å². The average Bonchev–Trinajstić information content (AvgIpc) is 2.91. The van der Waals surface area contributed by atoms with Gasteiger partial charge in [0.2, 0.25) is 5.91 Å². The Labute approximate surface area is 259 Å². The zero-order valence-electron chi connectivity index (χ0n) is 25.7. The number of carbonyl (C=O) groups excluding carboxylic acids is 2. The minimum absolute atomic E-state index is 0.103. The van der Waals surface area contributed by atoms with Crippen LogP contribution in [0.1, 0.15) is 95.5 Å². The lowest BCUT2D eigenvalue weighted by Crippen LogP contribution is -2.52. The number of aliphatic imine (C=N–C) groups is 1. The van der Waals surface area contributed by atoms with Crippen molar-refractivity contribution >= 4 is 41.2 Å². The molecule has 0 bridgehead atoms. The molecule has 13 heteroatoms. The fraction of sp³-hybridized carbons (Fsp3) is 0.645. The summed E-state index contributed by atoms with van der Waals surface area (Å²) in [5.74, 6) is -8.78. The number of aliphatic carboxylic acids is 1. The summed E-state index contributed by atoms with van der Waals surface area (Å²) in [6, 6.07) is 2.21. The van der Waals surface area contributed by atoms with E-state index in [1.807, 2.05) is 13.8 Å². The first-order valence-corrected chi connectivity index (χ1v) is 14.9. The SMILES string of the molecule is CCC(C)(CCCN=C(C(C=N)C(=O)N(CC(=O)c1c(Cl)cccc1C(F)(F)F)C1CCC(C)(C)CC1)C(C)(F)F)C(=O)O. The summed E-state index contributed by atoms with van der Waals surface area (Å²) in [6.45, 7) is 6.65. The summed E-state index contributed by atoms with van der Waals surface area (Å²) in [5, 5.41) is 16.9. The summed E-state index contributed by atoms with van der Waals surface area (Å²) in [4.78, 5) is 43.9. The number of alkyl halides is 5. The Hall–Kier alpha value is -2.89. The highest BCUT2D eigenvalue weighted by Crippen LogP contribution is 2.39. The van der Waals surface area contributed by atoms with Gasteiger partial charge in [-0.05, 0) is 69.4 Å². The van der Waals surface area contributed by atoms with Crippen LogP contribution in [0.2, 0.25) is 5.02 Å². The lowest BCUT2D eigenvalue weighted by molar-refractivity contribution is -0.148. The first-order valence-electron chi connectivity index (χ1n) is 14.5. The third kappa shape index (κ3) is 9.31. The van der Waals surface area contributed by atoms with Gasteiger partial charge in [-0.1, -0.05) is 38.4 Å². The number of nitrogens with zero attached hydrogens (tertiary/aromatic N) is 2. The third-order valence-corrected chi connectivity index (χ3v) is 8.90. The van der Waals surface area contributed by atoms with Crippen LogP contribution in [0.15, 0.2) is 23.2 Å². The maximum Gasteiger partial charge on any atom is 0.417 e. The summed E-state index contributed by atoms with van der Waals surface area (Å²) < 4.78 is 71.1. The summed E-state index contributed by atoms with van der Waals surface area (Å²) >= 11 is 6.03. The molecule has 44 heavy (non-hydrogen) atoms. The molecule has 0 aromatic heterocycles. The van der Waals surface area contributed by atoms with Crippen molar-refractivity contribution in [1.29, 1.82) is 5.41 Å². The van der Waals surface area contributed by atoms with Crippen LogP contribution in [0.4, 0.5) is 22.0 Å². The maximum absolute atomic E-state index is 14.9. The van der Waals surface area contributed by atoms with E-state index < -0.39 is 75.5 Å². The second-order valence-electron chi connectivity index (χ2n) is 12.6. The van der Waals surface area contributed by atoms with E-state index in [1.165, 1.54) is 6.92 Å². The minimum Gasteiger partial charge on any atom is -0.481 e. The van der Waals surface area contributed by atoms with Crippen LogP contribution in [0, 0.1) is 22.2 Å². The molecule has 1 aliphatic rings. The molecule has 0 heterocycles. The fourth-order valence-electron chi connectivity index (χ4n) is 5.42. The summed E-state index contributed by atoms with van der Waals surface area (Å²) in [7, 11) is 0. The second kappa shape index (κ2) is 14.5. The number of carboxylic acid groups (broad SMARTS) is 1. The van der Waals surface area contributed by atoms with Gasteiger partial charge in [-0.2, -0.15) is 13.2 Å². The van der Waals surface area contributed by atoms with E-state index in [0.29, 0.717) is 51.3 Å². The predicted molar refractivity (Wildman–Crippen MR) is 159 cm³/mol. The Morgan fingerprint density at radius 1 is 1.16 bits per heavy atom. The molecule has 0 aliphatic heterocycles. The van der Waals surface area contributed by atoms with Crippen molar-refractivity contribution in [2.75, 3.05) is 13.1 Å². The Balaban J connectivity index is 2.50. The highest BCUT2D eigenvalue weighted by atomic mass is 35.5. The van der Waals surface area contributed by atoms with Crippen LogP contribution in [0.5, 0.6) is 0 Å². The van der Waals surface area contributed by atoms with Gasteiger partial charge in [0.25, 0.3) is 5.92 Å². The zero-order chi connectivity index (χ0) is 33.7. The number of amides is 1. The van der Waals surface area contributed by atoms with Crippen LogP contribution in [0.3, 0.4) is 0 Å². The molecular formula is C31H41ClF5N3O4. The molecule has 246 valence electrons. The molecule has 2 unspecified atom stereocenters. The van der Waals surface area contributed by atoms with Gasteiger partial charge in [0.1, 0.15) is 5.92 Å². The number of rotatable bonds is 14. The number of ketones is 1. The minimum atomic E-state index is -4.92. The molecule has 2 rings (SSSR count). The van der Waals surface area contributed by atoms with E-state index in [4.69, 9.17) is 17.0 Å². The highest BCUT2D eigenvalue weighted by Gasteiger charge is 2.44. The van der Waals surface area contributed by atoms with Crippen molar-refractivity contribution in [3.63, 3.8) is 0 Å². The molecule has 1 aliphatic carbocycles. The molecule has 1 aromatic rings. The molecule has 7 nitrogen and oxygen atoms in total. The molecule has 2 atom stereocenters. The standard InChI is InChI=1S/C31H41ClF5N3O4/c1-6-29(4,27(43)44)13-8-16-39-25(30(5,33)34)20(17-38)26(42)40(19-11-14-28(2,3)15-12-19)18-23(41)24-21(31(35,36)37)9-7-10-22(24)32/h7,9-10,17,19-20,38H,6,8,11-16,18H2,1-5H3,(H,43,44). The first-order chi connectivity index (χ1) is 20.2. The number of benzene rings is 1. The molecule has 1 fully saturated rings. The largest absolute Gasteiger partial charge is 0.481 e. The lowest BCUT2D eigenvalue weighted by Gasteiger charge is -2.41. The average molecular weight is 650 g/mol. The molecule has 2 N–H and O–H groups in total. The number of hydrogen-bond acceptors (Lipinski definition) is 5. The topological polar surface area (TPSA) is 111 Å². The van der Waals surface area contributed by atoms with Crippen molar-refractivity contribution in [3.8, 4) is 0 Å². The number of halogens is 6. The molecule has 0 spiro atoms. The molecule has 0 radical (unpaired) electrons. The maximum atomic E-state index is 14.9. The summed E-state index contributed by atoms with van der Waals surface area (Å²) in [6.07, 6.45) is -1.94. The van der Waals surface area contributed by atoms with Gasteiger partial charge >= 0.3 is 12.1 Å². The Bertz CT molecular complexity index is 1250. The monoisotopic (exact) mass is 649 g/mol. The van der Waals surface area contributed by atoms with E-state index in [2.05, 4.69) is 4.99 Å². The van der Waals surface area contributed by atoms with Gasteiger partial charge in [-0.25, -0.2) is 8.78 Å². The normalized spacial score (nSPS) is 18.3. The highest BCUT2D eigenvalue weighted by molar-refractivity contribution is 6.34. The quantitative estimate of drug-likeness (QED) is 0.0921. The van der Waals surface area contributed by atoms with Crippen molar-refractivity contribution in [2.24, 2.45) is 21.7 Å². The third-order valence-electron chi connectivity index (χ3n) is 8.59. The van der Waals surface area contributed by atoms with Crippen LogP contribution < -0.4 is 0 Å². The Kier molecular flexibility index (Phi) is 12.3. The van der Waals surface area contributed by atoms with Gasteiger partial charge in [0.15, 0.2) is 5.78 Å². The lowest BCUT2D eigenvalue weighted by atomic mass is 9.75. The number of hydrogen-bond donors (Lipinski definition) is 2. The molecule has 1 amide bonds. The molecule has 1 aromatic carbocycles. The zero-order valence-corrected chi connectivity index (χ0v) is 26.4. The van der Waals surface area contributed by atoms with E-state index >= 15 is 0 Å². The van der Waals surface area contributed by atoms with Crippen LogP contribution in [-0.4, -0.2) is 64.6 Å². The van der Waals surface area contributed by atoms with Crippen LogP contribution in [0.25, 0.3) is 0 Å². The first kappa shape index (κ1) is 37.3. The summed E-state index contributed by atoms with van der Waals surface area (Å²) in [5.41, 5.74) is -4.24. The number of carboxylic acids is 1. The second-order valence-corrected chi connectivity index (χ2v) is 13.0. The van der Waals surface area contributed by atoms with Gasteiger partial charge in [-0.15, -0.1) is 0 Å². The van der Waals surface area contributed by atoms with Gasteiger partial charge in [-0.3, -0.25) is 19.4 Å². The van der Waals surface area contributed by atoms with Crippen LogP contribution >= 0.6 is 11.6 Å². The van der Waals surface area contributed by atoms with Crippen LogP contribution in [-0.2, 0) is 15.8 Å². The van der Waals surface area contributed by atoms with Crippen molar-refractivity contribution in [2.45, 2.75) is 97.7 Å². The number of carbonyl (C=O) groups is 3. The smallest absolute Gasteiger partial charge is 0.417 e. The molecular weight excluding hydrogens is 609 g/mol. The van der Waals surface area contributed by atoms with Gasteiger partial charge < -0.3 is 15.4 Å². The van der Waals surface area contributed by atoms with Gasteiger partial charge in [0.05, 0.1) is 33.8 Å².